The Hall–Kier alpha value is -1.02. The molecule has 1 saturated heterocycles. The number of hydrogen-bond donors (Lipinski definition) is 2. The average molecular weight is 338 g/mol. The van der Waals surface area contributed by atoms with Crippen LogP contribution >= 0.6 is 23.2 Å². The number of nitrogens with one attached hydrogen (secondary N) is 1. The predicted octanol–water partition coefficient (Wildman–Crippen LogP) is 1.55. The molecule has 0 unspecified atom stereocenters. The molecule has 1 fully saturated rings. The summed E-state index contributed by atoms with van der Waals surface area (Å²) in [6.07, 6.45) is 0.527. The third kappa shape index (κ3) is 3.35. The molecule has 0 atom stereocenters. The average Bonchev–Trinajstić information content (AvgIpc) is 2.63. The van der Waals surface area contributed by atoms with Gasteiger partial charge in [-0.15, -0.1) is 0 Å². The lowest BCUT2D eigenvalue weighted by atomic mass is 10.2. The van der Waals surface area contributed by atoms with E-state index in [-0.39, 0.29) is 28.7 Å². The highest BCUT2D eigenvalue weighted by molar-refractivity contribution is 7.89. The van der Waals surface area contributed by atoms with Crippen LogP contribution in [0.25, 0.3) is 0 Å². The maximum atomic E-state index is 11.9. The Kier molecular flexibility index (Phi) is 4.43. The van der Waals surface area contributed by atoms with E-state index >= 15 is 0 Å². The fraction of sp³-hybridized carbons (Fsp3) is 0.364. The molecular formula is C11H13Cl2N3O3S. The fourth-order valence-corrected chi connectivity index (χ4v) is 3.96. The van der Waals surface area contributed by atoms with Gasteiger partial charge in [0.15, 0.2) is 0 Å². The summed E-state index contributed by atoms with van der Waals surface area (Å²) in [7, 11) is -3.31. The first-order valence-electron chi connectivity index (χ1n) is 5.82. The number of hydrogen-bond acceptors (Lipinski definition) is 4. The Labute approximate surface area is 126 Å². The van der Waals surface area contributed by atoms with Crippen LogP contribution in [0, 0.1) is 0 Å². The first-order chi connectivity index (χ1) is 9.29. The topological polar surface area (TPSA) is 92.5 Å². The molecule has 1 aromatic carbocycles. The van der Waals surface area contributed by atoms with Gasteiger partial charge in [-0.2, -0.15) is 4.31 Å². The Morgan fingerprint density at radius 1 is 1.40 bits per heavy atom. The molecule has 0 bridgehead atoms. The van der Waals surface area contributed by atoms with Crippen molar-refractivity contribution >= 4 is 50.5 Å². The Morgan fingerprint density at radius 2 is 2.10 bits per heavy atom. The molecule has 2 rings (SSSR count). The van der Waals surface area contributed by atoms with Gasteiger partial charge in [-0.05, 0) is 18.6 Å². The number of benzene rings is 1. The van der Waals surface area contributed by atoms with E-state index in [1.165, 1.54) is 12.1 Å². The molecule has 0 radical (unpaired) electrons. The second-order valence-electron chi connectivity index (χ2n) is 4.40. The van der Waals surface area contributed by atoms with Crippen LogP contribution in [0.5, 0.6) is 0 Å². The van der Waals surface area contributed by atoms with Crippen molar-refractivity contribution in [3.63, 3.8) is 0 Å². The van der Waals surface area contributed by atoms with Crippen molar-refractivity contribution in [3.8, 4) is 0 Å². The summed E-state index contributed by atoms with van der Waals surface area (Å²) < 4.78 is 24.4. The van der Waals surface area contributed by atoms with Crippen LogP contribution in [0.1, 0.15) is 6.42 Å². The third-order valence-electron chi connectivity index (χ3n) is 2.87. The first kappa shape index (κ1) is 15.4. The number of halogens is 2. The smallest absolute Gasteiger partial charge is 0.239 e. The lowest BCUT2D eigenvalue weighted by Gasteiger charge is -2.15. The minimum Gasteiger partial charge on any atom is -0.397 e. The number of rotatable bonds is 3. The number of sulfonamides is 1. The fourth-order valence-electron chi connectivity index (χ4n) is 1.93. The van der Waals surface area contributed by atoms with Gasteiger partial charge in [0.25, 0.3) is 0 Å². The van der Waals surface area contributed by atoms with Crippen LogP contribution in [0.4, 0.5) is 11.4 Å². The molecule has 1 heterocycles. The summed E-state index contributed by atoms with van der Waals surface area (Å²) in [6, 6.07) is 2.90. The number of nitrogen functional groups attached to an aromatic ring is 1. The molecule has 20 heavy (non-hydrogen) atoms. The summed E-state index contributed by atoms with van der Waals surface area (Å²) >= 11 is 11.7. The molecule has 3 N–H and O–H groups in total. The summed E-state index contributed by atoms with van der Waals surface area (Å²) in [6.45, 7) is 0.0975. The Bertz CT molecular complexity index is 625. The van der Waals surface area contributed by atoms with Gasteiger partial charge in [-0.1, -0.05) is 23.2 Å². The van der Waals surface area contributed by atoms with E-state index in [1.54, 1.807) is 0 Å². The van der Waals surface area contributed by atoms with Gasteiger partial charge in [0.05, 0.1) is 28.7 Å². The van der Waals surface area contributed by atoms with Gasteiger partial charge in [-0.3, -0.25) is 4.79 Å². The van der Waals surface area contributed by atoms with E-state index in [4.69, 9.17) is 28.9 Å². The molecule has 6 nitrogen and oxygen atoms in total. The lowest BCUT2D eigenvalue weighted by Crippen LogP contribution is -2.34. The molecule has 0 aromatic heterocycles. The van der Waals surface area contributed by atoms with Crippen molar-refractivity contribution in [2.75, 3.05) is 29.9 Å². The number of nitrogens with two attached hydrogens (primary N) is 1. The lowest BCUT2D eigenvalue weighted by molar-refractivity contribution is -0.116. The number of amides is 1. The van der Waals surface area contributed by atoms with Gasteiger partial charge < -0.3 is 11.1 Å². The minimum absolute atomic E-state index is 0.0735. The monoisotopic (exact) mass is 337 g/mol. The van der Waals surface area contributed by atoms with Crippen LogP contribution in [0.2, 0.25) is 10.0 Å². The van der Waals surface area contributed by atoms with Crippen LogP contribution in [-0.2, 0) is 14.8 Å². The summed E-state index contributed by atoms with van der Waals surface area (Å²) in [5, 5.41) is 3.07. The van der Waals surface area contributed by atoms with Crippen LogP contribution in [-0.4, -0.2) is 37.5 Å². The van der Waals surface area contributed by atoms with E-state index in [2.05, 4.69) is 5.32 Å². The van der Waals surface area contributed by atoms with Crippen molar-refractivity contribution in [3.05, 3.63) is 22.2 Å². The zero-order valence-corrected chi connectivity index (χ0v) is 12.7. The first-order valence-corrected chi connectivity index (χ1v) is 8.18. The highest BCUT2D eigenvalue weighted by Gasteiger charge is 2.30. The van der Waals surface area contributed by atoms with E-state index < -0.39 is 15.9 Å². The molecule has 1 aliphatic heterocycles. The van der Waals surface area contributed by atoms with Crippen molar-refractivity contribution < 1.29 is 13.2 Å². The van der Waals surface area contributed by atoms with Crippen LogP contribution < -0.4 is 11.1 Å². The zero-order chi connectivity index (χ0) is 14.9. The van der Waals surface area contributed by atoms with Gasteiger partial charge in [0.1, 0.15) is 0 Å². The SMILES string of the molecule is Nc1cc(Cl)cc(Cl)c1NC(=O)CN1CCCS1(=O)=O. The molecule has 1 amide bonds. The number of anilines is 2. The number of carbonyl (C=O) groups excluding carboxylic acids is 1. The van der Waals surface area contributed by atoms with Gasteiger partial charge in [0.2, 0.25) is 15.9 Å². The van der Waals surface area contributed by atoms with Gasteiger partial charge >= 0.3 is 0 Å². The number of carbonyl (C=O) groups is 1. The van der Waals surface area contributed by atoms with Crippen molar-refractivity contribution in [1.29, 1.82) is 0 Å². The second-order valence-corrected chi connectivity index (χ2v) is 7.34. The van der Waals surface area contributed by atoms with Crippen molar-refractivity contribution in [2.45, 2.75) is 6.42 Å². The molecule has 0 saturated carbocycles. The normalized spacial score (nSPS) is 18.1. The number of nitrogens with zero attached hydrogens (tertiary/aromatic N) is 1. The second kappa shape index (κ2) is 5.77. The minimum atomic E-state index is -3.31. The molecule has 0 aliphatic carbocycles. The summed E-state index contributed by atoms with van der Waals surface area (Å²) in [5.74, 6) is -0.421. The molecule has 1 aromatic rings. The van der Waals surface area contributed by atoms with Gasteiger partial charge in [-0.25, -0.2) is 8.42 Å². The molecule has 9 heteroatoms. The Morgan fingerprint density at radius 3 is 2.65 bits per heavy atom. The zero-order valence-electron chi connectivity index (χ0n) is 10.4. The molecular weight excluding hydrogens is 325 g/mol. The summed E-state index contributed by atoms with van der Waals surface area (Å²) in [5.41, 5.74) is 6.17. The van der Waals surface area contributed by atoms with E-state index in [0.29, 0.717) is 18.0 Å². The van der Waals surface area contributed by atoms with Crippen molar-refractivity contribution in [2.24, 2.45) is 0 Å². The predicted molar refractivity (Wildman–Crippen MR) is 79.5 cm³/mol. The molecule has 0 spiro atoms. The van der Waals surface area contributed by atoms with Crippen molar-refractivity contribution in [1.82, 2.24) is 4.31 Å². The largest absolute Gasteiger partial charge is 0.397 e. The highest BCUT2D eigenvalue weighted by Crippen LogP contribution is 2.32. The van der Waals surface area contributed by atoms with Gasteiger partial charge in [0, 0.05) is 11.6 Å². The Balaban J connectivity index is 2.09. The van der Waals surface area contributed by atoms with Crippen LogP contribution in [0.3, 0.4) is 0 Å². The maximum Gasteiger partial charge on any atom is 0.239 e. The van der Waals surface area contributed by atoms with E-state index in [0.717, 1.165) is 4.31 Å². The standard InChI is InChI=1S/C11H13Cl2N3O3S/c12-7-4-8(13)11(9(14)5-7)15-10(17)6-16-2-1-3-20(16,18)19/h4-5H,1-3,6,14H2,(H,15,17). The van der Waals surface area contributed by atoms with E-state index in [1.807, 2.05) is 0 Å². The summed E-state index contributed by atoms with van der Waals surface area (Å²) in [4.78, 5) is 11.9. The van der Waals surface area contributed by atoms with Crippen LogP contribution in [0.15, 0.2) is 12.1 Å². The van der Waals surface area contributed by atoms with E-state index in [9.17, 15) is 13.2 Å². The molecule has 1 aliphatic rings. The molecule has 110 valence electrons. The quantitative estimate of drug-likeness (QED) is 0.818. The third-order valence-corrected chi connectivity index (χ3v) is 5.29. The maximum absolute atomic E-state index is 11.9. The highest BCUT2D eigenvalue weighted by atomic mass is 35.5.